The standard InChI is InChI=1S/C29H24ClF2N5O6/c1-14-19(6-7-20-24(14)43-29(31,32)42-20)36(5)22(38)13-37-27(40)18-11-21(26(39)34-28(2,3)4)41-25(18)23(35-37)16-8-15(12-33)9-17(30)10-16/h6-11H,13H2,1-5H3,(H,34,39). The van der Waals surface area contributed by atoms with E-state index in [2.05, 4.69) is 19.9 Å². The molecular formula is C29H24ClF2N5O6. The molecule has 1 N–H and O–H groups in total. The topological polar surface area (TPSA) is 140 Å². The first kappa shape index (κ1) is 29.5. The number of benzene rings is 2. The van der Waals surface area contributed by atoms with Crippen LogP contribution >= 0.6 is 11.6 Å². The lowest BCUT2D eigenvalue weighted by atomic mass is 10.1. The fraction of sp³-hybridized carbons (Fsp3) is 0.276. The number of fused-ring (bicyclic) bond motifs is 2. The third-order valence-electron chi connectivity index (χ3n) is 6.46. The SMILES string of the molecule is Cc1c(N(C)C(=O)Cn2nc(-c3cc(Cl)cc(C#N)c3)c3oc(C(=O)NC(C)(C)C)cc3c2=O)ccc2c1OC(F)(F)O2. The first-order valence-electron chi connectivity index (χ1n) is 12.8. The third kappa shape index (κ3) is 5.74. The van der Waals surface area contributed by atoms with Crippen LogP contribution in [-0.4, -0.2) is 40.5 Å². The van der Waals surface area contributed by atoms with Crippen molar-refractivity contribution in [1.82, 2.24) is 15.1 Å². The van der Waals surface area contributed by atoms with E-state index >= 15 is 0 Å². The van der Waals surface area contributed by atoms with E-state index in [4.69, 9.17) is 16.0 Å². The summed E-state index contributed by atoms with van der Waals surface area (Å²) in [6.07, 6.45) is -3.84. The van der Waals surface area contributed by atoms with Gasteiger partial charge < -0.3 is 24.1 Å². The molecule has 2 amide bonds. The number of nitrogens with one attached hydrogen (secondary N) is 1. The van der Waals surface area contributed by atoms with Crippen molar-refractivity contribution in [3.05, 3.63) is 68.7 Å². The van der Waals surface area contributed by atoms with Gasteiger partial charge in [0, 0.05) is 34.8 Å². The number of hydrogen-bond acceptors (Lipinski definition) is 8. The van der Waals surface area contributed by atoms with Crippen LogP contribution in [0.25, 0.3) is 22.2 Å². The van der Waals surface area contributed by atoms with Crippen molar-refractivity contribution in [3.63, 3.8) is 0 Å². The zero-order valence-electron chi connectivity index (χ0n) is 23.5. The highest BCUT2D eigenvalue weighted by Gasteiger charge is 2.44. The van der Waals surface area contributed by atoms with E-state index < -0.39 is 35.8 Å². The summed E-state index contributed by atoms with van der Waals surface area (Å²) in [4.78, 5) is 41.0. The molecule has 14 heteroatoms. The molecule has 1 aliphatic heterocycles. The fourth-order valence-electron chi connectivity index (χ4n) is 4.54. The number of halogens is 3. The maximum absolute atomic E-state index is 13.6. The van der Waals surface area contributed by atoms with E-state index in [1.54, 1.807) is 20.8 Å². The minimum absolute atomic E-state index is 0.0418. The van der Waals surface area contributed by atoms with E-state index in [-0.39, 0.29) is 55.8 Å². The molecule has 3 heterocycles. The Bertz CT molecular complexity index is 1920. The molecule has 0 saturated heterocycles. The van der Waals surface area contributed by atoms with Crippen molar-refractivity contribution < 1.29 is 32.3 Å². The van der Waals surface area contributed by atoms with Crippen molar-refractivity contribution in [3.8, 4) is 28.8 Å². The summed E-state index contributed by atoms with van der Waals surface area (Å²) >= 11 is 6.23. The lowest BCUT2D eigenvalue weighted by Crippen LogP contribution is -2.40. The van der Waals surface area contributed by atoms with Crippen LogP contribution in [0, 0.1) is 18.3 Å². The summed E-state index contributed by atoms with van der Waals surface area (Å²) < 4.78 is 43.0. The highest BCUT2D eigenvalue weighted by Crippen LogP contribution is 2.46. The van der Waals surface area contributed by atoms with E-state index in [1.807, 2.05) is 6.07 Å². The number of likely N-dealkylation sites (N-methyl/N-ethyl adjacent to an activating group) is 1. The highest BCUT2D eigenvalue weighted by atomic mass is 35.5. The summed E-state index contributed by atoms with van der Waals surface area (Å²) in [5.41, 5.74) is -0.373. The Morgan fingerprint density at radius 3 is 2.58 bits per heavy atom. The average molecular weight is 612 g/mol. The minimum atomic E-state index is -3.84. The minimum Gasteiger partial charge on any atom is -0.448 e. The van der Waals surface area contributed by atoms with Gasteiger partial charge in [0.05, 0.1) is 22.7 Å². The van der Waals surface area contributed by atoms with Gasteiger partial charge in [-0.3, -0.25) is 14.4 Å². The van der Waals surface area contributed by atoms with Crippen molar-refractivity contribution in [2.75, 3.05) is 11.9 Å². The summed E-state index contributed by atoms with van der Waals surface area (Å²) in [5, 5.41) is 16.8. The molecule has 0 unspecified atom stereocenters. The second kappa shape index (κ2) is 10.4. The van der Waals surface area contributed by atoms with Gasteiger partial charge in [0.1, 0.15) is 12.2 Å². The van der Waals surface area contributed by atoms with Gasteiger partial charge in [0.2, 0.25) is 5.91 Å². The van der Waals surface area contributed by atoms with Crippen LogP contribution in [0.1, 0.15) is 42.5 Å². The molecular weight excluding hydrogens is 588 g/mol. The molecule has 222 valence electrons. The molecule has 0 atom stereocenters. The molecule has 2 aromatic carbocycles. The van der Waals surface area contributed by atoms with Gasteiger partial charge >= 0.3 is 6.29 Å². The number of carbonyl (C=O) groups is 2. The average Bonchev–Trinajstić information content (AvgIpc) is 3.50. The number of furan rings is 1. The molecule has 0 aliphatic carbocycles. The van der Waals surface area contributed by atoms with Crippen LogP contribution in [0.15, 0.2) is 45.6 Å². The van der Waals surface area contributed by atoms with E-state index in [0.29, 0.717) is 5.56 Å². The Labute approximate surface area is 248 Å². The highest BCUT2D eigenvalue weighted by molar-refractivity contribution is 6.31. The molecule has 11 nitrogen and oxygen atoms in total. The Balaban J connectivity index is 1.59. The monoisotopic (exact) mass is 611 g/mol. The molecule has 0 fully saturated rings. The molecule has 0 radical (unpaired) electrons. The van der Waals surface area contributed by atoms with E-state index in [1.165, 1.54) is 50.4 Å². The number of carbonyl (C=O) groups excluding carboxylic acids is 2. The number of nitrogens with zero attached hydrogens (tertiary/aromatic N) is 4. The predicted molar refractivity (Wildman–Crippen MR) is 151 cm³/mol. The van der Waals surface area contributed by atoms with E-state index in [0.717, 1.165) is 9.58 Å². The maximum Gasteiger partial charge on any atom is 0.586 e. The van der Waals surface area contributed by atoms with Gasteiger partial charge in [-0.05, 0) is 58.0 Å². The molecule has 5 rings (SSSR count). The van der Waals surface area contributed by atoms with Crippen molar-refractivity contribution in [2.45, 2.75) is 46.1 Å². The second-order valence-corrected chi connectivity index (χ2v) is 11.3. The number of ether oxygens (including phenoxy) is 2. The van der Waals surface area contributed by atoms with Gasteiger partial charge in [-0.25, -0.2) is 4.68 Å². The van der Waals surface area contributed by atoms with E-state index in [9.17, 15) is 28.4 Å². The second-order valence-electron chi connectivity index (χ2n) is 10.9. The zero-order valence-corrected chi connectivity index (χ0v) is 24.3. The van der Waals surface area contributed by atoms with Gasteiger partial charge in [-0.15, -0.1) is 8.78 Å². The predicted octanol–water partition coefficient (Wildman–Crippen LogP) is 5.00. The van der Waals surface area contributed by atoms with Crippen LogP contribution < -0.4 is 25.2 Å². The Kier molecular flexibility index (Phi) is 7.14. The molecule has 1 aliphatic rings. The summed E-state index contributed by atoms with van der Waals surface area (Å²) in [6.45, 7) is 6.23. The largest absolute Gasteiger partial charge is 0.586 e. The van der Waals surface area contributed by atoms with Gasteiger partial charge in [0.15, 0.2) is 22.8 Å². The van der Waals surface area contributed by atoms with Crippen LogP contribution in [0.2, 0.25) is 5.02 Å². The number of nitriles is 1. The van der Waals surface area contributed by atoms with Crippen LogP contribution in [0.5, 0.6) is 11.5 Å². The summed E-state index contributed by atoms with van der Waals surface area (Å²) in [6, 6.07) is 10.3. The third-order valence-corrected chi connectivity index (χ3v) is 6.67. The van der Waals surface area contributed by atoms with Crippen molar-refractivity contribution >= 4 is 40.1 Å². The Morgan fingerprint density at radius 2 is 1.91 bits per heavy atom. The lowest BCUT2D eigenvalue weighted by Gasteiger charge is -2.20. The van der Waals surface area contributed by atoms with Crippen molar-refractivity contribution in [1.29, 1.82) is 5.26 Å². The molecule has 0 saturated carbocycles. The van der Waals surface area contributed by atoms with Crippen LogP contribution in [0.3, 0.4) is 0 Å². The summed E-state index contributed by atoms with van der Waals surface area (Å²) in [5.74, 6) is -1.77. The molecule has 0 bridgehead atoms. The van der Waals surface area contributed by atoms with Crippen LogP contribution in [0.4, 0.5) is 14.5 Å². The Morgan fingerprint density at radius 1 is 1.19 bits per heavy atom. The first-order valence-corrected chi connectivity index (χ1v) is 13.2. The summed E-state index contributed by atoms with van der Waals surface area (Å²) in [7, 11) is 1.40. The van der Waals surface area contributed by atoms with Gasteiger partial charge in [-0.2, -0.15) is 10.4 Å². The zero-order chi connectivity index (χ0) is 31.4. The maximum atomic E-state index is 13.6. The molecule has 0 spiro atoms. The fourth-order valence-corrected chi connectivity index (χ4v) is 4.78. The number of amides is 2. The number of alkyl halides is 2. The lowest BCUT2D eigenvalue weighted by molar-refractivity contribution is -0.286. The first-order chi connectivity index (χ1) is 20.1. The number of anilines is 1. The molecule has 2 aromatic heterocycles. The number of rotatable bonds is 5. The van der Waals surface area contributed by atoms with Crippen LogP contribution in [-0.2, 0) is 11.3 Å². The molecule has 4 aromatic rings. The quantitative estimate of drug-likeness (QED) is 0.332. The number of aromatic nitrogens is 2. The Hall–Kier alpha value is -4.96. The van der Waals surface area contributed by atoms with Gasteiger partial charge in [0.25, 0.3) is 11.5 Å². The normalized spacial score (nSPS) is 13.6. The van der Waals surface area contributed by atoms with Crippen molar-refractivity contribution in [2.24, 2.45) is 0 Å². The number of hydrogen-bond donors (Lipinski definition) is 1. The van der Waals surface area contributed by atoms with Gasteiger partial charge in [-0.1, -0.05) is 11.6 Å². The molecule has 43 heavy (non-hydrogen) atoms. The smallest absolute Gasteiger partial charge is 0.448 e.